The molecule has 2 saturated heterocycles. The Morgan fingerprint density at radius 3 is 1.96 bits per heavy atom. The molecule has 4 aromatic carbocycles. The van der Waals surface area contributed by atoms with Crippen molar-refractivity contribution in [2.24, 2.45) is 5.11 Å². The van der Waals surface area contributed by atoms with Crippen molar-refractivity contribution in [3.05, 3.63) is 142 Å². The Hall–Kier alpha value is -5.04. The fourth-order valence-corrected chi connectivity index (χ4v) is 8.54. The second-order valence-electron chi connectivity index (χ2n) is 16.5. The van der Waals surface area contributed by atoms with E-state index in [0.29, 0.717) is 31.7 Å². The Labute approximate surface area is 328 Å². The highest BCUT2D eigenvalue weighted by atomic mass is 28.3. The zero-order valence-electron chi connectivity index (χ0n) is 32.7. The molecule has 2 fully saturated rings. The lowest BCUT2D eigenvalue weighted by molar-refractivity contribution is -0.157. The number of azide groups is 1. The highest BCUT2D eigenvalue weighted by Crippen LogP contribution is 2.41. The Morgan fingerprint density at radius 1 is 0.839 bits per heavy atom. The summed E-state index contributed by atoms with van der Waals surface area (Å²) in [6.07, 6.45) is 1.86. The molecule has 7 rings (SSSR count). The van der Waals surface area contributed by atoms with Crippen LogP contribution in [0.5, 0.6) is 0 Å². The van der Waals surface area contributed by atoms with Crippen molar-refractivity contribution in [1.82, 2.24) is 19.6 Å². The van der Waals surface area contributed by atoms with Crippen LogP contribution in [0.1, 0.15) is 36.1 Å². The van der Waals surface area contributed by atoms with Gasteiger partial charge in [0.25, 0.3) is 0 Å². The lowest BCUT2D eigenvalue weighted by Gasteiger charge is -2.37. The monoisotopic (exact) mass is 775 g/mol. The van der Waals surface area contributed by atoms with E-state index in [1.54, 1.807) is 6.07 Å². The van der Waals surface area contributed by atoms with Crippen molar-refractivity contribution in [3.63, 3.8) is 0 Å². The Morgan fingerprint density at radius 2 is 1.41 bits per heavy atom. The van der Waals surface area contributed by atoms with Crippen LogP contribution in [0.2, 0.25) is 25.7 Å². The number of ether oxygens (including phenoxy) is 3. The molecule has 0 N–H and O–H groups in total. The summed E-state index contributed by atoms with van der Waals surface area (Å²) in [6.45, 7) is 12.3. The fourth-order valence-electron chi connectivity index (χ4n) is 7.79. The van der Waals surface area contributed by atoms with Crippen LogP contribution in [0.4, 0.5) is 14.9 Å². The summed E-state index contributed by atoms with van der Waals surface area (Å²) >= 11 is 0. The van der Waals surface area contributed by atoms with E-state index in [0.717, 1.165) is 33.6 Å². The highest BCUT2D eigenvalue weighted by molar-refractivity contribution is 6.76. The second kappa shape index (κ2) is 16.6. The van der Waals surface area contributed by atoms with Gasteiger partial charge in [0, 0.05) is 38.1 Å². The van der Waals surface area contributed by atoms with Crippen molar-refractivity contribution >= 4 is 30.7 Å². The number of rotatable bonds is 14. The summed E-state index contributed by atoms with van der Waals surface area (Å²) < 4.78 is 36.7. The Bertz CT molecular complexity index is 2190. The predicted octanol–water partition coefficient (Wildman–Crippen LogP) is 9.61. The molecule has 4 atom stereocenters. The summed E-state index contributed by atoms with van der Waals surface area (Å²) in [7, 11) is -1.22. The third-order valence-electron chi connectivity index (χ3n) is 10.6. The van der Waals surface area contributed by atoms with Gasteiger partial charge in [-0.3, -0.25) is 0 Å². The number of fused-ring (bicyclic) bond motifs is 2. The lowest BCUT2D eigenvalue weighted by atomic mass is 9.91. The molecule has 3 heterocycles. The number of benzene rings is 4. The highest BCUT2D eigenvalue weighted by Gasteiger charge is 2.55. The number of carbonyl (C=O) groups excluding carboxylic acids is 1. The zero-order valence-corrected chi connectivity index (χ0v) is 33.7. The number of carbonyl (C=O) groups is 1. The van der Waals surface area contributed by atoms with Crippen LogP contribution in [0, 0.1) is 5.82 Å². The fraction of sp³-hybridized carbons (Fsp3) is 0.395. The van der Waals surface area contributed by atoms with Gasteiger partial charge in [-0.15, -0.1) is 0 Å². The minimum absolute atomic E-state index is 0.0921. The first-order valence-electron chi connectivity index (χ1n) is 19.2. The SMILES string of the molecule is CC1(C)O[C@@H]2[C@@H](O1)[C@@H](Cc1ccccc1)N(Cc1ccc3c(cnn3COCC[Si](C)(C)C)c1)C(=O)N(Cc1ccc(N=[N+]=[N-])c(F)c1)[C@@H]2Cc1ccccc1. The molecular weight excluding hydrogens is 726 g/mol. The average Bonchev–Trinajstić information content (AvgIpc) is 3.71. The normalized spacial score (nSPS) is 20.9. The topological polar surface area (TPSA) is 118 Å². The van der Waals surface area contributed by atoms with Crippen molar-refractivity contribution in [1.29, 1.82) is 0 Å². The number of amides is 2. The second-order valence-corrected chi connectivity index (χ2v) is 22.1. The molecule has 0 aliphatic carbocycles. The quantitative estimate of drug-likeness (QED) is 0.0366. The van der Waals surface area contributed by atoms with Crippen LogP contribution in [-0.4, -0.2) is 70.4 Å². The van der Waals surface area contributed by atoms with Crippen LogP contribution in [0.3, 0.4) is 0 Å². The number of aromatic nitrogens is 2. The van der Waals surface area contributed by atoms with Crippen molar-refractivity contribution in [2.45, 2.75) is 102 Å². The molecule has 2 aliphatic rings. The van der Waals surface area contributed by atoms with Crippen molar-refractivity contribution in [3.8, 4) is 0 Å². The zero-order chi connectivity index (χ0) is 39.5. The molecule has 11 nitrogen and oxygen atoms in total. The van der Waals surface area contributed by atoms with Crippen LogP contribution in [-0.2, 0) is 46.9 Å². The molecule has 0 saturated carbocycles. The predicted molar refractivity (Wildman–Crippen MR) is 217 cm³/mol. The van der Waals surface area contributed by atoms with Crippen molar-refractivity contribution in [2.75, 3.05) is 6.61 Å². The molecule has 13 heteroatoms. The maximum Gasteiger partial charge on any atom is 0.321 e. The van der Waals surface area contributed by atoms with Gasteiger partial charge in [0.1, 0.15) is 24.8 Å². The van der Waals surface area contributed by atoms with E-state index in [9.17, 15) is 0 Å². The first-order valence-corrected chi connectivity index (χ1v) is 22.9. The van der Waals surface area contributed by atoms with Gasteiger partial charge in [-0.25, -0.2) is 13.9 Å². The molecule has 5 aromatic rings. The largest absolute Gasteiger partial charge is 0.360 e. The summed E-state index contributed by atoms with van der Waals surface area (Å²) in [5.74, 6) is -1.58. The van der Waals surface area contributed by atoms with Crippen LogP contribution < -0.4 is 0 Å². The number of hydrogen-bond acceptors (Lipinski definition) is 6. The number of hydrogen-bond donors (Lipinski definition) is 0. The van der Waals surface area contributed by atoms with E-state index in [1.165, 1.54) is 12.1 Å². The Kier molecular flexibility index (Phi) is 11.6. The summed E-state index contributed by atoms with van der Waals surface area (Å²) in [4.78, 5) is 21.9. The van der Waals surface area contributed by atoms with E-state index in [1.807, 2.05) is 95.2 Å². The molecule has 0 unspecified atom stereocenters. The van der Waals surface area contributed by atoms with Gasteiger partial charge in [0.2, 0.25) is 0 Å². The molecule has 292 valence electrons. The van der Waals surface area contributed by atoms with Gasteiger partial charge in [-0.1, -0.05) is 97.6 Å². The molecular formula is C43H50FN7O4Si. The number of nitrogens with zero attached hydrogens (tertiary/aromatic N) is 7. The Balaban J connectivity index is 1.29. The summed E-state index contributed by atoms with van der Waals surface area (Å²) in [6, 6.07) is 30.8. The van der Waals surface area contributed by atoms with Gasteiger partial charge in [-0.05, 0) is 84.8 Å². The molecule has 0 bridgehead atoms. The molecule has 56 heavy (non-hydrogen) atoms. The minimum atomic E-state index is -1.22. The summed E-state index contributed by atoms with van der Waals surface area (Å²) in [5.41, 5.74) is 13.4. The van der Waals surface area contributed by atoms with Gasteiger partial charge in [0.15, 0.2) is 5.79 Å². The maximum atomic E-state index is 15.4. The lowest BCUT2D eigenvalue weighted by Crippen LogP contribution is -2.51. The summed E-state index contributed by atoms with van der Waals surface area (Å²) in [5, 5.41) is 9.06. The maximum absolute atomic E-state index is 15.4. The first-order chi connectivity index (χ1) is 26.9. The molecule has 0 spiro atoms. The molecule has 0 radical (unpaired) electrons. The molecule has 2 aliphatic heterocycles. The van der Waals surface area contributed by atoms with Gasteiger partial charge in [-0.2, -0.15) is 5.10 Å². The van der Waals surface area contributed by atoms with Gasteiger partial charge in [0.05, 0.1) is 29.5 Å². The third-order valence-corrected chi connectivity index (χ3v) is 12.3. The number of urea groups is 1. The van der Waals surface area contributed by atoms with Crippen LogP contribution in [0.15, 0.2) is 108 Å². The van der Waals surface area contributed by atoms with E-state index < -0.39 is 44.0 Å². The average molecular weight is 776 g/mol. The number of halogens is 1. The van der Waals surface area contributed by atoms with E-state index in [2.05, 4.69) is 53.0 Å². The first kappa shape index (κ1) is 39.2. The van der Waals surface area contributed by atoms with Gasteiger partial charge >= 0.3 is 6.03 Å². The third kappa shape index (κ3) is 9.15. The van der Waals surface area contributed by atoms with E-state index in [-0.39, 0.29) is 24.8 Å². The van der Waals surface area contributed by atoms with Crippen LogP contribution >= 0.6 is 0 Å². The molecule has 1 aromatic heterocycles. The van der Waals surface area contributed by atoms with E-state index in [4.69, 9.17) is 19.7 Å². The minimum Gasteiger partial charge on any atom is -0.360 e. The van der Waals surface area contributed by atoms with Gasteiger partial charge < -0.3 is 24.0 Å². The standard InChI is InChI=1S/C43H50FN7O4Si/c1-43(2)54-40-38(24-30-12-8-6-9-13-30)49(27-32-17-19-37-34(22-32)26-46-51(37)29-53-20-21-56(3,4)5)42(52)50(28-33-16-18-36(47-48-45)35(44)23-33)39(41(40)55-43)25-31-14-10-7-11-15-31/h6-19,22-23,26,38-41H,20-21,24-25,27-29H2,1-5H3/t38-,39-,40+,41+/m1/s1. The smallest absolute Gasteiger partial charge is 0.321 e. The van der Waals surface area contributed by atoms with Crippen LogP contribution in [0.25, 0.3) is 21.3 Å². The molecule has 2 amide bonds. The van der Waals surface area contributed by atoms with Crippen molar-refractivity contribution < 1.29 is 23.4 Å². The van der Waals surface area contributed by atoms with E-state index >= 15 is 9.18 Å².